The van der Waals surface area contributed by atoms with Gasteiger partial charge in [0.15, 0.2) is 0 Å². The molecule has 140 valence electrons. The molecule has 5 aromatic rings. The topological polar surface area (TPSA) is 68.9 Å². The van der Waals surface area contributed by atoms with Crippen LogP contribution in [0.4, 0.5) is 0 Å². The van der Waals surface area contributed by atoms with Crippen molar-refractivity contribution in [2.45, 2.75) is 10.9 Å². The van der Waals surface area contributed by atoms with E-state index >= 15 is 0 Å². The van der Waals surface area contributed by atoms with Gasteiger partial charge in [0.1, 0.15) is 11.4 Å². The molecule has 3 aromatic heterocycles. The van der Waals surface area contributed by atoms with E-state index < -0.39 is 0 Å². The van der Waals surface area contributed by atoms with Crippen molar-refractivity contribution in [3.63, 3.8) is 0 Å². The first-order valence-electron chi connectivity index (χ1n) is 9.14. The zero-order chi connectivity index (χ0) is 19.5. The monoisotopic (exact) mass is 396 g/mol. The van der Waals surface area contributed by atoms with Crippen molar-refractivity contribution < 1.29 is 0 Å². The van der Waals surface area contributed by atoms with Gasteiger partial charge in [0, 0.05) is 35.5 Å². The Labute approximate surface area is 171 Å². The lowest BCUT2D eigenvalue weighted by atomic mass is 10.0. The summed E-state index contributed by atoms with van der Waals surface area (Å²) < 4.78 is 1.91. The summed E-state index contributed by atoms with van der Waals surface area (Å²) in [5, 5.41) is 9.49. The zero-order valence-corrected chi connectivity index (χ0v) is 16.2. The molecule has 29 heavy (non-hydrogen) atoms. The van der Waals surface area contributed by atoms with Crippen LogP contribution in [0.2, 0.25) is 0 Å². The fourth-order valence-electron chi connectivity index (χ4n) is 3.05. The second kappa shape index (κ2) is 7.81. The first-order valence-corrected chi connectivity index (χ1v) is 10.1. The molecule has 0 radical (unpaired) electrons. The second-order valence-corrected chi connectivity index (χ2v) is 7.31. The summed E-state index contributed by atoms with van der Waals surface area (Å²) in [7, 11) is 0. The molecule has 2 aromatic carbocycles. The van der Waals surface area contributed by atoms with Crippen molar-refractivity contribution in [2.24, 2.45) is 0 Å². The van der Waals surface area contributed by atoms with E-state index in [9.17, 15) is 0 Å². The molecule has 3 heterocycles. The summed E-state index contributed by atoms with van der Waals surface area (Å²) in [6.45, 7) is 0. The first-order chi connectivity index (χ1) is 14.4. The standard InChI is InChI=1S/C22H16N6S/c1-3-8-16(9-4-1)19-20(17-10-5-2-6-11-17)26-27-22(25-19)29-15-18-14-28-13-7-12-23-21(28)24-18/h1-14H,15H2. The Morgan fingerprint density at radius 1 is 0.759 bits per heavy atom. The fraction of sp³-hybridized carbons (Fsp3) is 0.0455. The highest BCUT2D eigenvalue weighted by molar-refractivity contribution is 7.98. The number of aromatic nitrogens is 6. The summed E-state index contributed by atoms with van der Waals surface area (Å²) in [6, 6.07) is 22.0. The van der Waals surface area contributed by atoms with Crippen LogP contribution in [0.15, 0.2) is 90.5 Å². The van der Waals surface area contributed by atoms with Crippen LogP contribution in [0.5, 0.6) is 0 Å². The normalized spacial score (nSPS) is 11.0. The minimum Gasteiger partial charge on any atom is -0.291 e. The molecule has 0 atom stereocenters. The second-order valence-electron chi connectivity index (χ2n) is 6.37. The van der Waals surface area contributed by atoms with E-state index in [1.165, 1.54) is 11.8 Å². The van der Waals surface area contributed by atoms with Gasteiger partial charge in [0.2, 0.25) is 10.9 Å². The number of rotatable bonds is 5. The molecule has 0 aliphatic rings. The van der Waals surface area contributed by atoms with E-state index in [-0.39, 0.29) is 0 Å². The predicted octanol–water partition coefficient (Wildman–Crippen LogP) is 4.54. The lowest BCUT2D eigenvalue weighted by molar-refractivity contribution is 0.849. The Bertz CT molecular complexity index is 1220. The number of nitrogens with zero attached hydrogens (tertiary/aromatic N) is 6. The van der Waals surface area contributed by atoms with Crippen molar-refractivity contribution >= 4 is 17.5 Å². The maximum atomic E-state index is 4.83. The number of imidazole rings is 1. The van der Waals surface area contributed by atoms with Gasteiger partial charge in [-0.05, 0) is 6.07 Å². The molecule has 0 unspecified atom stereocenters. The first kappa shape index (κ1) is 17.5. The number of hydrogen-bond donors (Lipinski definition) is 0. The number of thioether (sulfide) groups is 1. The third kappa shape index (κ3) is 3.72. The molecule has 6 nitrogen and oxygen atoms in total. The molecule has 0 spiro atoms. The van der Waals surface area contributed by atoms with E-state index in [4.69, 9.17) is 4.98 Å². The Morgan fingerprint density at radius 3 is 2.21 bits per heavy atom. The van der Waals surface area contributed by atoms with Gasteiger partial charge in [0.25, 0.3) is 0 Å². The molecule has 7 heteroatoms. The van der Waals surface area contributed by atoms with E-state index in [2.05, 4.69) is 20.2 Å². The predicted molar refractivity (Wildman–Crippen MR) is 113 cm³/mol. The van der Waals surface area contributed by atoms with E-state index in [1.807, 2.05) is 83.5 Å². The number of hydrogen-bond acceptors (Lipinski definition) is 6. The smallest absolute Gasteiger partial charge is 0.233 e. The SMILES string of the molecule is c1ccc(-c2nnc(SCc3cn4cccnc4n3)nc2-c2ccccc2)cc1. The van der Waals surface area contributed by atoms with Gasteiger partial charge in [-0.2, -0.15) is 0 Å². The van der Waals surface area contributed by atoms with Crippen LogP contribution in [0.3, 0.4) is 0 Å². The van der Waals surface area contributed by atoms with Gasteiger partial charge >= 0.3 is 0 Å². The molecule has 0 aliphatic carbocycles. The molecule has 0 bridgehead atoms. The summed E-state index contributed by atoms with van der Waals surface area (Å²) in [4.78, 5) is 13.6. The minimum atomic E-state index is 0.619. The summed E-state index contributed by atoms with van der Waals surface area (Å²) in [5.41, 5.74) is 4.53. The quantitative estimate of drug-likeness (QED) is 0.406. The van der Waals surface area contributed by atoms with E-state index in [1.54, 1.807) is 6.20 Å². The molecule has 0 aliphatic heterocycles. The Morgan fingerprint density at radius 2 is 1.48 bits per heavy atom. The highest BCUT2D eigenvalue weighted by Gasteiger charge is 2.14. The van der Waals surface area contributed by atoms with Crippen LogP contribution in [-0.4, -0.2) is 29.5 Å². The highest BCUT2D eigenvalue weighted by atomic mass is 32.2. The van der Waals surface area contributed by atoms with Crippen molar-refractivity contribution in [1.82, 2.24) is 29.5 Å². The Kier molecular flexibility index (Phi) is 4.72. The average Bonchev–Trinajstić information content (AvgIpc) is 3.22. The number of fused-ring (bicyclic) bond motifs is 1. The molecule has 0 saturated carbocycles. The van der Waals surface area contributed by atoms with Gasteiger partial charge in [-0.15, -0.1) is 10.2 Å². The molecular formula is C22H16N6S. The third-order valence-corrected chi connectivity index (χ3v) is 5.27. The van der Waals surface area contributed by atoms with Crippen LogP contribution in [0, 0.1) is 0 Å². The third-order valence-electron chi connectivity index (χ3n) is 4.40. The van der Waals surface area contributed by atoms with Crippen LogP contribution in [0.1, 0.15) is 5.69 Å². The maximum absolute atomic E-state index is 4.83. The van der Waals surface area contributed by atoms with Crippen molar-refractivity contribution in [1.29, 1.82) is 0 Å². The number of benzene rings is 2. The largest absolute Gasteiger partial charge is 0.291 e. The average molecular weight is 396 g/mol. The molecule has 0 N–H and O–H groups in total. The molecular weight excluding hydrogens is 380 g/mol. The Hall–Kier alpha value is -3.58. The van der Waals surface area contributed by atoms with E-state index in [0.29, 0.717) is 16.7 Å². The molecule has 5 rings (SSSR count). The fourth-order valence-corrected chi connectivity index (χ4v) is 3.72. The summed E-state index contributed by atoms with van der Waals surface area (Å²) >= 11 is 1.51. The van der Waals surface area contributed by atoms with Crippen LogP contribution >= 0.6 is 11.8 Å². The zero-order valence-electron chi connectivity index (χ0n) is 15.4. The molecule has 0 amide bonds. The van der Waals surface area contributed by atoms with Crippen LogP contribution in [0.25, 0.3) is 28.3 Å². The highest BCUT2D eigenvalue weighted by Crippen LogP contribution is 2.30. The van der Waals surface area contributed by atoms with Gasteiger partial charge < -0.3 is 0 Å². The summed E-state index contributed by atoms with van der Waals surface area (Å²) in [6.07, 6.45) is 5.64. The van der Waals surface area contributed by atoms with Crippen molar-refractivity contribution in [3.8, 4) is 22.5 Å². The molecule has 0 fully saturated rings. The maximum Gasteiger partial charge on any atom is 0.233 e. The Balaban J connectivity index is 1.47. The minimum absolute atomic E-state index is 0.619. The summed E-state index contributed by atoms with van der Waals surface area (Å²) in [5.74, 6) is 1.33. The van der Waals surface area contributed by atoms with Gasteiger partial charge in [-0.25, -0.2) is 15.0 Å². The lowest BCUT2D eigenvalue weighted by Crippen LogP contribution is -1.99. The van der Waals surface area contributed by atoms with Gasteiger partial charge in [-0.1, -0.05) is 72.4 Å². The van der Waals surface area contributed by atoms with Gasteiger partial charge in [-0.3, -0.25) is 4.40 Å². The lowest BCUT2D eigenvalue weighted by Gasteiger charge is -2.09. The van der Waals surface area contributed by atoms with Crippen molar-refractivity contribution in [2.75, 3.05) is 0 Å². The van der Waals surface area contributed by atoms with Crippen LogP contribution in [-0.2, 0) is 5.75 Å². The van der Waals surface area contributed by atoms with E-state index in [0.717, 1.165) is 28.2 Å². The van der Waals surface area contributed by atoms with Crippen LogP contribution < -0.4 is 0 Å². The molecule has 0 saturated heterocycles. The van der Waals surface area contributed by atoms with Crippen molar-refractivity contribution in [3.05, 3.63) is 91.0 Å². The van der Waals surface area contributed by atoms with Gasteiger partial charge in [0.05, 0.1) is 5.69 Å².